The zero-order chi connectivity index (χ0) is 13.3. The van der Waals surface area contributed by atoms with E-state index in [0.29, 0.717) is 12.6 Å². The Morgan fingerprint density at radius 2 is 1.94 bits per heavy atom. The maximum atomic E-state index is 12.3. The van der Waals surface area contributed by atoms with Gasteiger partial charge in [0.15, 0.2) is 0 Å². The van der Waals surface area contributed by atoms with Gasteiger partial charge in [0.05, 0.1) is 5.54 Å². The molecule has 3 nitrogen and oxygen atoms in total. The molecule has 1 aliphatic rings. The molecule has 18 heavy (non-hydrogen) atoms. The summed E-state index contributed by atoms with van der Waals surface area (Å²) in [7, 11) is 0. The van der Waals surface area contributed by atoms with Crippen LogP contribution < -0.4 is 5.32 Å². The third-order valence-corrected chi connectivity index (χ3v) is 3.42. The molecule has 1 aromatic carbocycles. The van der Waals surface area contributed by atoms with Crippen LogP contribution in [-0.2, 0) is 11.3 Å². The summed E-state index contributed by atoms with van der Waals surface area (Å²) in [6, 6.07) is 8.72. The van der Waals surface area contributed by atoms with Crippen LogP contribution in [0.4, 0.5) is 0 Å². The highest BCUT2D eigenvalue weighted by atomic mass is 16.2. The lowest BCUT2D eigenvalue weighted by molar-refractivity contribution is -0.141. The number of nitrogens with zero attached hydrogens (tertiary/aromatic N) is 1. The van der Waals surface area contributed by atoms with E-state index in [2.05, 4.69) is 43.4 Å². The summed E-state index contributed by atoms with van der Waals surface area (Å²) in [5.41, 5.74) is 1.99. The Labute approximate surface area is 109 Å². The van der Waals surface area contributed by atoms with Crippen molar-refractivity contribution in [3.8, 4) is 0 Å². The van der Waals surface area contributed by atoms with Crippen LogP contribution in [0.15, 0.2) is 24.3 Å². The molecular weight excluding hydrogens is 224 g/mol. The summed E-state index contributed by atoms with van der Waals surface area (Å²) in [4.78, 5) is 14.3. The van der Waals surface area contributed by atoms with Crippen LogP contribution in [-0.4, -0.2) is 28.9 Å². The van der Waals surface area contributed by atoms with Gasteiger partial charge in [-0.05, 0) is 33.3 Å². The summed E-state index contributed by atoms with van der Waals surface area (Å²) in [5, 5.41) is 3.34. The van der Waals surface area contributed by atoms with E-state index in [0.717, 1.165) is 6.54 Å². The van der Waals surface area contributed by atoms with Crippen molar-refractivity contribution in [1.29, 1.82) is 0 Å². The largest absolute Gasteiger partial charge is 0.335 e. The summed E-state index contributed by atoms with van der Waals surface area (Å²) in [6.07, 6.45) is 0. The van der Waals surface area contributed by atoms with E-state index in [1.165, 1.54) is 11.1 Å². The third kappa shape index (κ3) is 2.72. The number of benzene rings is 1. The minimum absolute atomic E-state index is 0.182. The van der Waals surface area contributed by atoms with Gasteiger partial charge in [-0.15, -0.1) is 0 Å². The first-order valence-corrected chi connectivity index (χ1v) is 6.51. The third-order valence-electron chi connectivity index (χ3n) is 3.42. The number of amides is 1. The van der Waals surface area contributed by atoms with E-state index < -0.39 is 5.54 Å². The first kappa shape index (κ1) is 13.1. The van der Waals surface area contributed by atoms with Crippen molar-refractivity contribution in [3.63, 3.8) is 0 Å². The predicted octanol–water partition coefficient (Wildman–Crippen LogP) is 2.09. The molecular formula is C15H22N2O. The fourth-order valence-electron chi connectivity index (χ4n) is 2.58. The Morgan fingerprint density at radius 3 is 2.56 bits per heavy atom. The van der Waals surface area contributed by atoms with Gasteiger partial charge in [-0.25, -0.2) is 0 Å². The molecule has 0 bridgehead atoms. The number of aryl methyl sites for hydroxylation is 1. The van der Waals surface area contributed by atoms with Gasteiger partial charge in [-0.3, -0.25) is 10.1 Å². The maximum Gasteiger partial charge on any atom is 0.242 e. The summed E-state index contributed by atoms with van der Waals surface area (Å²) >= 11 is 0. The summed E-state index contributed by atoms with van der Waals surface area (Å²) in [6.45, 7) is 9.58. The molecule has 1 atom stereocenters. The van der Waals surface area contributed by atoms with Gasteiger partial charge in [-0.2, -0.15) is 0 Å². The summed E-state index contributed by atoms with van der Waals surface area (Å²) < 4.78 is 0. The van der Waals surface area contributed by atoms with Gasteiger partial charge < -0.3 is 4.90 Å². The van der Waals surface area contributed by atoms with E-state index in [1.54, 1.807) is 0 Å². The predicted molar refractivity (Wildman–Crippen MR) is 73.3 cm³/mol. The van der Waals surface area contributed by atoms with Gasteiger partial charge >= 0.3 is 0 Å². The molecule has 0 spiro atoms. The number of carbonyl (C=O) groups is 1. The Morgan fingerprint density at radius 1 is 1.33 bits per heavy atom. The first-order valence-electron chi connectivity index (χ1n) is 6.51. The van der Waals surface area contributed by atoms with Crippen LogP contribution in [0.25, 0.3) is 0 Å². The number of nitrogens with one attached hydrogen (secondary N) is 1. The molecule has 1 aliphatic heterocycles. The summed E-state index contributed by atoms with van der Waals surface area (Å²) in [5.74, 6) is 0.182. The molecule has 1 amide bonds. The molecule has 1 aromatic rings. The number of hydrogen-bond donors (Lipinski definition) is 1. The molecule has 0 saturated carbocycles. The lowest BCUT2D eigenvalue weighted by Crippen LogP contribution is -2.64. The fourth-order valence-corrected chi connectivity index (χ4v) is 2.58. The van der Waals surface area contributed by atoms with E-state index in [-0.39, 0.29) is 5.91 Å². The molecule has 0 aliphatic carbocycles. The van der Waals surface area contributed by atoms with E-state index in [1.807, 2.05) is 18.7 Å². The molecule has 1 saturated heterocycles. The lowest BCUT2D eigenvalue weighted by Gasteiger charge is -2.41. The zero-order valence-corrected chi connectivity index (χ0v) is 11.7. The van der Waals surface area contributed by atoms with Crippen molar-refractivity contribution >= 4 is 5.91 Å². The molecule has 3 heteroatoms. The molecule has 1 heterocycles. The van der Waals surface area contributed by atoms with Crippen molar-refractivity contribution in [1.82, 2.24) is 10.2 Å². The SMILES string of the molecule is Cc1ccc(CN2CC(C)NC(C)(C)C2=O)cc1. The quantitative estimate of drug-likeness (QED) is 0.866. The minimum atomic E-state index is -0.456. The average Bonchev–Trinajstić information content (AvgIpc) is 2.28. The van der Waals surface area contributed by atoms with E-state index >= 15 is 0 Å². The maximum absolute atomic E-state index is 12.3. The smallest absolute Gasteiger partial charge is 0.242 e. The highest BCUT2D eigenvalue weighted by Gasteiger charge is 2.37. The Kier molecular flexibility index (Phi) is 3.44. The molecule has 2 rings (SSSR count). The molecule has 98 valence electrons. The highest BCUT2D eigenvalue weighted by Crippen LogP contribution is 2.18. The standard InChI is InChI=1S/C15H22N2O/c1-11-5-7-13(8-6-11)10-17-9-12(2)16-15(3,4)14(17)18/h5-8,12,16H,9-10H2,1-4H3. The Hall–Kier alpha value is -1.35. The second-order valence-electron chi connectivity index (χ2n) is 5.84. The minimum Gasteiger partial charge on any atom is -0.335 e. The van der Waals surface area contributed by atoms with Crippen LogP contribution in [0.3, 0.4) is 0 Å². The average molecular weight is 246 g/mol. The van der Waals surface area contributed by atoms with E-state index in [9.17, 15) is 4.79 Å². The van der Waals surface area contributed by atoms with Crippen LogP contribution in [0.1, 0.15) is 31.9 Å². The number of hydrogen-bond acceptors (Lipinski definition) is 2. The second kappa shape index (κ2) is 4.73. The number of rotatable bonds is 2. The van der Waals surface area contributed by atoms with Crippen molar-refractivity contribution in [2.45, 2.75) is 45.8 Å². The van der Waals surface area contributed by atoms with Gasteiger partial charge in [0.2, 0.25) is 5.91 Å². The second-order valence-corrected chi connectivity index (χ2v) is 5.84. The van der Waals surface area contributed by atoms with Crippen LogP contribution in [0.5, 0.6) is 0 Å². The van der Waals surface area contributed by atoms with Gasteiger partial charge in [0.25, 0.3) is 0 Å². The van der Waals surface area contributed by atoms with Crippen molar-refractivity contribution in [2.24, 2.45) is 0 Å². The zero-order valence-electron chi connectivity index (χ0n) is 11.7. The molecule has 1 unspecified atom stereocenters. The number of piperazine rings is 1. The fraction of sp³-hybridized carbons (Fsp3) is 0.533. The van der Waals surface area contributed by atoms with Crippen molar-refractivity contribution in [2.75, 3.05) is 6.54 Å². The van der Waals surface area contributed by atoms with E-state index in [4.69, 9.17) is 0 Å². The van der Waals surface area contributed by atoms with Crippen LogP contribution in [0, 0.1) is 6.92 Å². The van der Waals surface area contributed by atoms with Gasteiger partial charge in [0, 0.05) is 19.1 Å². The molecule has 0 aromatic heterocycles. The lowest BCUT2D eigenvalue weighted by atomic mass is 9.97. The van der Waals surface area contributed by atoms with Crippen LogP contribution >= 0.6 is 0 Å². The monoisotopic (exact) mass is 246 g/mol. The topological polar surface area (TPSA) is 32.3 Å². The molecule has 0 radical (unpaired) electrons. The normalized spacial score (nSPS) is 23.2. The molecule has 1 fully saturated rings. The van der Waals surface area contributed by atoms with Gasteiger partial charge in [-0.1, -0.05) is 29.8 Å². The Bertz CT molecular complexity index is 436. The van der Waals surface area contributed by atoms with Crippen molar-refractivity contribution in [3.05, 3.63) is 35.4 Å². The van der Waals surface area contributed by atoms with Gasteiger partial charge in [0.1, 0.15) is 0 Å². The Balaban J connectivity index is 2.12. The first-order chi connectivity index (χ1) is 8.38. The highest BCUT2D eigenvalue weighted by molar-refractivity contribution is 5.86. The number of carbonyl (C=O) groups excluding carboxylic acids is 1. The van der Waals surface area contributed by atoms with Crippen LogP contribution in [0.2, 0.25) is 0 Å². The molecule has 1 N–H and O–H groups in total. The van der Waals surface area contributed by atoms with Crippen molar-refractivity contribution < 1.29 is 4.79 Å².